The van der Waals surface area contributed by atoms with Crippen LogP contribution in [-0.4, -0.2) is 36.4 Å². The zero-order valence-corrected chi connectivity index (χ0v) is 18.3. The Balaban J connectivity index is 1.63. The van der Waals surface area contributed by atoms with Gasteiger partial charge in [-0.3, -0.25) is 9.10 Å². The number of rotatable bonds is 4. The molecule has 2 heterocycles. The van der Waals surface area contributed by atoms with Gasteiger partial charge in [0.15, 0.2) is 0 Å². The molecule has 9 heteroatoms. The van der Waals surface area contributed by atoms with Gasteiger partial charge in [0.05, 0.1) is 23.3 Å². The second kappa shape index (κ2) is 7.45. The number of amides is 1. The van der Waals surface area contributed by atoms with Crippen molar-refractivity contribution in [3.63, 3.8) is 0 Å². The van der Waals surface area contributed by atoms with Crippen molar-refractivity contribution in [2.45, 2.75) is 26.3 Å². The first-order valence-corrected chi connectivity index (χ1v) is 11.6. The summed E-state index contributed by atoms with van der Waals surface area (Å²) in [5.41, 5.74) is 3.39. The Morgan fingerprint density at radius 1 is 1.20 bits per heavy atom. The van der Waals surface area contributed by atoms with E-state index in [0.717, 1.165) is 16.9 Å². The Kier molecular flexibility index (Phi) is 5.07. The molecule has 1 aliphatic rings. The first-order chi connectivity index (χ1) is 14.1. The summed E-state index contributed by atoms with van der Waals surface area (Å²) in [5, 5.41) is 7.91. The summed E-state index contributed by atoms with van der Waals surface area (Å²) in [4.78, 5) is 12.9. The molecule has 1 amide bonds. The van der Waals surface area contributed by atoms with Crippen molar-refractivity contribution < 1.29 is 13.2 Å². The van der Waals surface area contributed by atoms with E-state index >= 15 is 0 Å². The van der Waals surface area contributed by atoms with Gasteiger partial charge in [0.25, 0.3) is 5.91 Å². The third-order valence-electron chi connectivity index (χ3n) is 4.98. The van der Waals surface area contributed by atoms with E-state index in [1.807, 2.05) is 26.0 Å². The third-order valence-corrected chi connectivity index (χ3v) is 6.48. The number of sulfonamides is 1. The molecule has 0 saturated heterocycles. The number of benzene rings is 2. The number of aryl methyl sites for hydroxylation is 1. The minimum Gasteiger partial charge on any atom is -0.306 e. The number of aromatic nitrogens is 2. The van der Waals surface area contributed by atoms with Gasteiger partial charge in [-0.15, -0.1) is 0 Å². The fraction of sp³-hybridized carbons (Fsp3) is 0.238. The van der Waals surface area contributed by atoms with Gasteiger partial charge in [-0.1, -0.05) is 17.7 Å². The van der Waals surface area contributed by atoms with Crippen LogP contribution >= 0.6 is 11.6 Å². The van der Waals surface area contributed by atoms with E-state index in [-0.39, 0.29) is 11.9 Å². The highest BCUT2D eigenvalue weighted by Crippen LogP contribution is 2.35. The number of hydrogen-bond donors (Lipinski definition) is 1. The maximum atomic E-state index is 12.9. The van der Waals surface area contributed by atoms with Gasteiger partial charge in [-0.2, -0.15) is 5.10 Å². The average Bonchev–Trinajstić information content (AvgIpc) is 3.19. The molecule has 3 aromatic rings. The van der Waals surface area contributed by atoms with Crippen molar-refractivity contribution in [2.24, 2.45) is 0 Å². The first kappa shape index (κ1) is 20.4. The summed E-state index contributed by atoms with van der Waals surface area (Å²) in [6.45, 7) is 3.69. The van der Waals surface area contributed by atoms with Crippen LogP contribution in [-0.2, 0) is 16.4 Å². The van der Waals surface area contributed by atoms with Gasteiger partial charge >= 0.3 is 0 Å². The molecule has 0 bridgehead atoms. The quantitative estimate of drug-likeness (QED) is 0.663. The lowest BCUT2D eigenvalue weighted by molar-refractivity contribution is 0.102. The highest BCUT2D eigenvalue weighted by molar-refractivity contribution is 7.92. The van der Waals surface area contributed by atoms with Crippen LogP contribution in [0.4, 0.5) is 11.5 Å². The lowest BCUT2D eigenvalue weighted by Crippen LogP contribution is -2.34. The second-order valence-corrected chi connectivity index (χ2v) is 9.77. The van der Waals surface area contributed by atoms with Crippen LogP contribution in [0.1, 0.15) is 28.5 Å². The summed E-state index contributed by atoms with van der Waals surface area (Å²) >= 11 is 6.09. The van der Waals surface area contributed by atoms with E-state index in [1.165, 1.54) is 10.6 Å². The van der Waals surface area contributed by atoms with E-state index in [0.29, 0.717) is 28.5 Å². The number of hydrogen-bond acceptors (Lipinski definition) is 4. The summed E-state index contributed by atoms with van der Waals surface area (Å²) in [5.74, 6) is 0.220. The molecule has 0 aliphatic carbocycles. The molecule has 7 nitrogen and oxygen atoms in total. The predicted molar refractivity (Wildman–Crippen MR) is 118 cm³/mol. The van der Waals surface area contributed by atoms with Crippen molar-refractivity contribution in [3.05, 3.63) is 70.4 Å². The lowest BCUT2D eigenvalue weighted by atomic mass is 10.1. The average molecular weight is 445 g/mol. The van der Waals surface area contributed by atoms with Crippen molar-refractivity contribution in [2.75, 3.05) is 15.9 Å². The van der Waals surface area contributed by atoms with Gasteiger partial charge in [0.1, 0.15) is 5.82 Å². The van der Waals surface area contributed by atoms with Crippen LogP contribution in [0.25, 0.3) is 5.69 Å². The zero-order chi connectivity index (χ0) is 21.6. The summed E-state index contributed by atoms with van der Waals surface area (Å²) in [6, 6.07) is 13.9. The third kappa shape index (κ3) is 3.80. The van der Waals surface area contributed by atoms with E-state index in [4.69, 9.17) is 11.6 Å². The molecule has 1 aliphatic heterocycles. The summed E-state index contributed by atoms with van der Waals surface area (Å²) in [6.07, 6.45) is 1.75. The highest BCUT2D eigenvalue weighted by atomic mass is 35.5. The van der Waals surface area contributed by atoms with Gasteiger partial charge in [-0.25, -0.2) is 13.1 Å². The molecule has 0 radical (unpaired) electrons. The van der Waals surface area contributed by atoms with Crippen LogP contribution < -0.4 is 9.62 Å². The maximum absolute atomic E-state index is 12.9. The fourth-order valence-corrected chi connectivity index (χ4v) is 5.28. The van der Waals surface area contributed by atoms with Crippen molar-refractivity contribution in [3.8, 4) is 5.69 Å². The highest BCUT2D eigenvalue weighted by Gasteiger charge is 2.32. The topological polar surface area (TPSA) is 84.3 Å². The van der Waals surface area contributed by atoms with Crippen LogP contribution in [0.15, 0.2) is 48.5 Å². The second-order valence-electron chi connectivity index (χ2n) is 7.47. The van der Waals surface area contributed by atoms with Crippen molar-refractivity contribution in [1.29, 1.82) is 0 Å². The van der Waals surface area contributed by atoms with Gasteiger partial charge in [0, 0.05) is 22.7 Å². The smallest absolute Gasteiger partial charge is 0.256 e. The number of nitrogens with one attached hydrogen (secondary N) is 1. The Morgan fingerprint density at radius 3 is 2.67 bits per heavy atom. The molecule has 2 aromatic carbocycles. The van der Waals surface area contributed by atoms with E-state index in [9.17, 15) is 13.2 Å². The molecule has 0 saturated carbocycles. The van der Waals surface area contributed by atoms with E-state index < -0.39 is 10.0 Å². The Labute approximate surface area is 180 Å². The van der Waals surface area contributed by atoms with Crippen molar-refractivity contribution >= 4 is 39.0 Å². The lowest BCUT2D eigenvalue weighted by Gasteiger charge is -2.21. The van der Waals surface area contributed by atoms with Gasteiger partial charge in [-0.05, 0) is 62.2 Å². The molecule has 1 aromatic heterocycles. The molecule has 30 heavy (non-hydrogen) atoms. The predicted octanol–water partition coefficient (Wildman–Crippen LogP) is 3.80. The minimum absolute atomic E-state index is 0.180. The van der Waals surface area contributed by atoms with E-state index in [1.54, 1.807) is 41.1 Å². The largest absolute Gasteiger partial charge is 0.306 e. The van der Waals surface area contributed by atoms with Crippen LogP contribution in [0.2, 0.25) is 5.02 Å². The van der Waals surface area contributed by atoms with Crippen molar-refractivity contribution in [1.82, 2.24) is 9.78 Å². The van der Waals surface area contributed by atoms with Gasteiger partial charge < -0.3 is 5.32 Å². The SMILES string of the molecule is Cc1cc(NC(=O)c2ccc3c(c2)CC(C)N3S(C)(=O)=O)n(-c2cccc(Cl)c2)n1. The van der Waals surface area contributed by atoms with Crippen LogP contribution in [0, 0.1) is 6.92 Å². The minimum atomic E-state index is -3.37. The molecule has 0 spiro atoms. The molecule has 4 rings (SSSR count). The molecule has 0 fully saturated rings. The number of carbonyl (C=O) groups excluding carboxylic acids is 1. The maximum Gasteiger partial charge on any atom is 0.256 e. The number of carbonyl (C=O) groups is 1. The number of halogens is 1. The molecular formula is C21H21ClN4O3S. The Bertz CT molecular complexity index is 1250. The molecule has 1 atom stereocenters. The Morgan fingerprint density at radius 2 is 1.97 bits per heavy atom. The number of fused-ring (bicyclic) bond motifs is 1. The fourth-order valence-electron chi connectivity index (χ4n) is 3.83. The normalized spacial score (nSPS) is 15.9. The Hall–Kier alpha value is -2.84. The zero-order valence-electron chi connectivity index (χ0n) is 16.8. The number of nitrogens with zero attached hydrogens (tertiary/aromatic N) is 3. The standard InChI is InChI=1S/C21H21ClN4O3S/c1-13-9-20(25(24-13)18-6-4-5-17(22)12-18)23-21(27)15-7-8-19-16(11-15)10-14(2)26(19)30(3,28)29/h4-9,11-12,14H,10H2,1-3H3,(H,23,27). The van der Waals surface area contributed by atoms with E-state index in [2.05, 4.69) is 10.4 Å². The molecule has 1 unspecified atom stereocenters. The molecule has 1 N–H and O–H groups in total. The monoisotopic (exact) mass is 444 g/mol. The summed E-state index contributed by atoms with van der Waals surface area (Å²) in [7, 11) is -3.37. The molecule has 156 valence electrons. The molecular weight excluding hydrogens is 424 g/mol. The van der Waals surface area contributed by atoms with Crippen LogP contribution in [0.5, 0.6) is 0 Å². The number of anilines is 2. The summed E-state index contributed by atoms with van der Waals surface area (Å²) < 4.78 is 27.2. The van der Waals surface area contributed by atoms with Crippen LogP contribution in [0.3, 0.4) is 0 Å². The first-order valence-electron chi connectivity index (χ1n) is 9.40. The van der Waals surface area contributed by atoms with Gasteiger partial charge in [0.2, 0.25) is 10.0 Å².